The van der Waals surface area contributed by atoms with Crippen LogP contribution in [0, 0.1) is 0 Å². The van der Waals surface area contributed by atoms with Crippen molar-refractivity contribution in [1.29, 1.82) is 0 Å². The molecule has 0 saturated carbocycles. The van der Waals surface area contributed by atoms with E-state index in [-0.39, 0.29) is 73.6 Å². The second-order valence-corrected chi connectivity index (χ2v) is 1.54. The van der Waals surface area contributed by atoms with E-state index >= 15 is 0 Å². The fourth-order valence-electron chi connectivity index (χ4n) is 0. The molecular formula is H6CoKO5P. The minimum absolute atomic E-state index is 0. The third kappa shape index (κ3) is 87.3. The topological polar surface area (TPSA) is 109 Å². The molecule has 0 spiro atoms. The Labute approximate surface area is 99.0 Å². The van der Waals surface area contributed by atoms with Crippen molar-refractivity contribution >= 4 is 59.2 Å². The molecule has 1 radical (unpaired) electrons. The zero-order valence-corrected chi connectivity index (χ0v) is 4.97. The molecule has 0 bridgehead atoms. The van der Waals surface area contributed by atoms with Gasteiger partial charge in [0, 0.05) is 16.8 Å². The molecule has 0 aliphatic carbocycles. The van der Waals surface area contributed by atoms with Crippen molar-refractivity contribution in [2.75, 3.05) is 0 Å². The monoisotopic (exact) mass is 215 g/mol. The molecule has 5 nitrogen and oxygen atoms in total. The van der Waals surface area contributed by atoms with Crippen LogP contribution in [0.2, 0.25) is 0 Å². The van der Waals surface area contributed by atoms with Gasteiger partial charge in [0.15, 0.2) is 0 Å². The second-order valence-electron chi connectivity index (χ2n) is 0.513. The summed E-state index contributed by atoms with van der Waals surface area (Å²) in [6, 6.07) is 0. The molecule has 0 saturated heterocycles. The molecule has 0 aliphatic rings. The first kappa shape index (κ1) is 22.5. The Morgan fingerprint density at radius 1 is 1.12 bits per heavy atom. The van der Waals surface area contributed by atoms with Crippen molar-refractivity contribution in [3.8, 4) is 0 Å². The molecule has 0 aromatic heterocycles. The fraction of sp³-hybridized carbons (Fsp3) is 0. The number of phosphoric acid groups is 1. The Morgan fingerprint density at radius 3 is 1.12 bits per heavy atom. The maximum absolute atomic E-state index is 8.88. The minimum atomic E-state index is -4.64. The molecule has 0 amide bonds. The van der Waals surface area contributed by atoms with Gasteiger partial charge in [-0.2, -0.15) is 0 Å². The molecule has 8 heavy (non-hydrogen) atoms. The molecule has 0 heterocycles. The Hall–Kier alpha value is 2.21. The summed E-state index contributed by atoms with van der Waals surface area (Å²) >= 11 is 0. The summed E-state index contributed by atoms with van der Waals surface area (Å²) < 4.78 is 8.88. The van der Waals surface area contributed by atoms with Gasteiger partial charge in [0.05, 0.1) is 0 Å². The summed E-state index contributed by atoms with van der Waals surface area (Å²) in [7, 11) is -4.64. The van der Waals surface area contributed by atoms with Gasteiger partial charge in [0.2, 0.25) is 0 Å². The summed E-state index contributed by atoms with van der Waals surface area (Å²) in [5.74, 6) is 0. The Morgan fingerprint density at radius 2 is 1.12 bits per heavy atom. The summed E-state index contributed by atoms with van der Waals surface area (Å²) in [5.41, 5.74) is 0. The van der Waals surface area contributed by atoms with Crippen molar-refractivity contribution in [3.05, 3.63) is 0 Å². The number of hydrogen-bond acceptors (Lipinski definition) is 1. The van der Waals surface area contributed by atoms with E-state index in [0.29, 0.717) is 0 Å². The number of rotatable bonds is 0. The molecule has 0 aliphatic heterocycles. The van der Waals surface area contributed by atoms with Gasteiger partial charge in [-0.3, -0.25) is 0 Å². The second kappa shape index (κ2) is 9.21. The summed E-state index contributed by atoms with van der Waals surface area (Å²) in [6.07, 6.45) is 0. The molecule has 8 heteroatoms. The average molecular weight is 215 g/mol. The first-order valence-corrected chi connectivity index (χ1v) is 2.35. The molecule has 51 valence electrons. The van der Waals surface area contributed by atoms with E-state index in [9.17, 15) is 0 Å². The van der Waals surface area contributed by atoms with E-state index in [2.05, 4.69) is 0 Å². The van der Waals surface area contributed by atoms with Crippen molar-refractivity contribution < 1.29 is 41.5 Å². The van der Waals surface area contributed by atoms with E-state index in [4.69, 9.17) is 19.2 Å². The van der Waals surface area contributed by atoms with Crippen molar-refractivity contribution in [2.45, 2.75) is 0 Å². The summed E-state index contributed by atoms with van der Waals surface area (Å²) in [4.78, 5) is 21.6. The van der Waals surface area contributed by atoms with E-state index in [1.165, 1.54) is 0 Å². The van der Waals surface area contributed by atoms with Gasteiger partial charge in [-0.1, -0.05) is 0 Å². The van der Waals surface area contributed by atoms with Gasteiger partial charge < -0.3 is 20.2 Å². The van der Waals surface area contributed by atoms with Crippen LogP contribution in [0.5, 0.6) is 0 Å². The molecule has 0 aromatic rings. The summed E-state index contributed by atoms with van der Waals surface area (Å²) in [6.45, 7) is 0. The molecule has 0 fully saturated rings. The van der Waals surface area contributed by atoms with Crippen LogP contribution in [-0.4, -0.2) is 71.5 Å². The Bertz CT molecular complexity index is 58.6. The van der Waals surface area contributed by atoms with Crippen LogP contribution in [0.1, 0.15) is 0 Å². The molecule has 0 atom stereocenters. The molecule has 0 aromatic carbocycles. The quantitative estimate of drug-likeness (QED) is 0.309. The third-order valence-electron chi connectivity index (χ3n) is 0. The van der Waals surface area contributed by atoms with Crippen LogP contribution in [0.4, 0.5) is 0 Å². The van der Waals surface area contributed by atoms with Crippen LogP contribution < -0.4 is 0 Å². The molecule has 5 N–H and O–H groups in total. The fourth-order valence-corrected chi connectivity index (χ4v) is 0. The first-order chi connectivity index (χ1) is 2.00. The van der Waals surface area contributed by atoms with Gasteiger partial charge in [0.25, 0.3) is 0 Å². The van der Waals surface area contributed by atoms with Crippen molar-refractivity contribution in [1.82, 2.24) is 0 Å². The van der Waals surface area contributed by atoms with E-state index in [1.54, 1.807) is 0 Å². The zero-order valence-electron chi connectivity index (χ0n) is 3.03. The van der Waals surface area contributed by atoms with Crippen LogP contribution in [-0.2, 0) is 21.3 Å². The van der Waals surface area contributed by atoms with Crippen LogP contribution >= 0.6 is 7.82 Å². The molecule has 0 unspecified atom stereocenters. The predicted octanol–water partition coefficient (Wildman–Crippen LogP) is -2.40. The first-order valence-electron chi connectivity index (χ1n) is 0.783. The van der Waals surface area contributed by atoms with E-state index < -0.39 is 7.82 Å². The Kier molecular flexibility index (Phi) is 25.9. The molecule has 0 rings (SSSR count). The van der Waals surface area contributed by atoms with E-state index in [1.807, 2.05) is 0 Å². The standard InChI is InChI=1S/Co.K.H3O4P.H2O.H/c;;1-5(2,3)4;;/h;;(H3,1,2,3,4);1H2;. The van der Waals surface area contributed by atoms with Crippen LogP contribution in [0.15, 0.2) is 0 Å². The summed E-state index contributed by atoms with van der Waals surface area (Å²) in [5, 5.41) is 0. The van der Waals surface area contributed by atoms with Gasteiger partial charge in [-0.25, -0.2) is 4.57 Å². The van der Waals surface area contributed by atoms with Gasteiger partial charge >= 0.3 is 59.2 Å². The van der Waals surface area contributed by atoms with Gasteiger partial charge in [-0.15, -0.1) is 0 Å². The van der Waals surface area contributed by atoms with Gasteiger partial charge in [0.1, 0.15) is 0 Å². The third-order valence-corrected chi connectivity index (χ3v) is 0. The predicted molar refractivity (Wildman–Crippen MR) is 25.0 cm³/mol. The average Bonchev–Trinajstić information content (AvgIpc) is 0.722. The molecular weight excluding hydrogens is 209 g/mol. The van der Waals surface area contributed by atoms with Gasteiger partial charge in [-0.05, 0) is 0 Å². The maximum atomic E-state index is 8.88. The van der Waals surface area contributed by atoms with Crippen LogP contribution in [0.3, 0.4) is 0 Å². The van der Waals surface area contributed by atoms with Crippen LogP contribution in [0.25, 0.3) is 0 Å². The van der Waals surface area contributed by atoms with Crippen molar-refractivity contribution in [3.63, 3.8) is 0 Å². The van der Waals surface area contributed by atoms with Crippen molar-refractivity contribution in [2.24, 2.45) is 0 Å². The van der Waals surface area contributed by atoms with E-state index in [0.717, 1.165) is 0 Å². The zero-order chi connectivity index (χ0) is 4.50. The number of hydrogen-bond donors (Lipinski definition) is 3. The normalized spacial score (nSPS) is 7.38. The SMILES string of the molecule is O.O=P(O)(O)O.[Co].[KH]. The Balaban J connectivity index is -0.0000000267.